The predicted molar refractivity (Wildman–Crippen MR) is 121 cm³/mol. The number of hydrogen-bond donors (Lipinski definition) is 2. The first-order chi connectivity index (χ1) is 15.3. The number of nitrogens with zero attached hydrogens (tertiary/aromatic N) is 5. The van der Waals surface area contributed by atoms with Gasteiger partial charge in [-0.25, -0.2) is 0 Å². The van der Waals surface area contributed by atoms with E-state index in [0.29, 0.717) is 18.9 Å². The Balaban J connectivity index is 1.45. The molecule has 0 spiro atoms. The molecule has 2 aliphatic rings. The average molecular weight is 434 g/mol. The number of aromatic nitrogens is 3. The summed E-state index contributed by atoms with van der Waals surface area (Å²) in [5.41, 5.74) is 0. The zero-order chi connectivity index (χ0) is 21.7. The number of ether oxygens (including phenoxy) is 1. The molecule has 174 valence electrons. The number of guanidine groups is 1. The Morgan fingerprint density at radius 3 is 2.94 bits per heavy atom. The highest BCUT2D eigenvalue weighted by atomic mass is 16.5. The molecule has 9 heteroatoms. The number of aliphatic imine (C=N–C) groups is 1. The zero-order valence-corrected chi connectivity index (χ0v) is 19.0. The van der Waals surface area contributed by atoms with Crippen molar-refractivity contribution in [2.75, 3.05) is 39.3 Å². The van der Waals surface area contributed by atoms with Crippen LogP contribution in [0.4, 0.5) is 0 Å². The normalized spacial score (nSPS) is 20.5. The maximum absolute atomic E-state index is 12.2. The summed E-state index contributed by atoms with van der Waals surface area (Å²) in [6.07, 6.45) is 11.2. The van der Waals surface area contributed by atoms with E-state index in [4.69, 9.17) is 9.73 Å². The van der Waals surface area contributed by atoms with Crippen LogP contribution in [0.25, 0.3) is 0 Å². The minimum Gasteiger partial charge on any atom is -0.376 e. The van der Waals surface area contributed by atoms with E-state index in [0.717, 1.165) is 96.1 Å². The van der Waals surface area contributed by atoms with Crippen molar-refractivity contribution in [1.29, 1.82) is 0 Å². The highest BCUT2D eigenvalue weighted by molar-refractivity contribution is 5.79. The summed E-state index contributed by atoms with van der Waals surface area (Å²) in [7, 11) is 0. The van der Waals surface area contributed by atoms with Crippen LogP contribution in [0.2, 0.25) is 0 Å². The first-order valence-corrected chi connectivity index (χ1v) is 12.0. The molecule has 2 fully saturated rings. The Morgan fingerprint density at radius 1 is 1.19 bits per heavy atom. The molecule has 1 aromatic heterocycles. The van der Waals surface area contributed by atoms with Gasteiger partial charge in [0.25, 0.3) is 0 Å². The molecular formula is C22H39N7O2. The van der Waals surface area contributed by atoms with E-state index >= 15 is 0 Å². The van der Waals surface area contributed by atoms with Crippen molar-refractivity contribution in [2.45, 2.75) is 77.4 Å². The Morgan fingerprint density at radius 2 is 2.10 bits per heavy atom. The largest absolute Gasteiger partial charge is 0.376 e. The van der Waals surface area contributed by atoms with Crippen molar-refractivity contribution in [2.24, 2.45) is 4.99 Å². The molecule has 0 aromatic carbocycles. The molecule has 2 N–H and O–H groups in total. The van der Waals surface area contributed by atoms with E-state index in [9.17, 15) is 4.79 Å². The minimum absolute atomic E-state index is 0.214. The van der Waals surface area contributed by atoms with Gasteiger partial charge in [0.15, 0.2) is 5.96 Å². The van der Waals surface area contributed by atoms with E-state index in [2.05, 4.69) is 32.3 Å². The van der Waals surface area contributed by atoms with Gasteiger partial charge in [0.2, 0.25) is 5.91 Å². The van der Waals surface area contributed by atoms with Gasteiger partial charge in [0.1, 0.15) is 12.2 Å². The zero-order valence-electron chi connectivity index (χ0n) is 19.0. The lowest BCUT2D eigenvalue weighted by Crippen LogP contribution is -2.41. The molecule has 2 aliphatic heterocycles. The van der Waals surface area contributed by atoms with Crippen LogP contribution in [0.5, 0.6) is 0 Å². The highest BCUT2D eigenvalue weighted by Gasteiger charge is 2.16. The first-order valence-electron chi connectivity index (χ1n) is 12.0. The molecule has 9 nitrogen and oxygen atoms in total. The number of rotatable bonds is 10. The molecule has 0 aliphatic carbocycles. The van der Waals surface area contributed by atoms with E-state index in [1.807, 2.05) is 4.90 Å². The van der Waals surface area contributed by atoms with Gasteiger partial charge in [-0.15, -0.1) is 10.2 Å². The lowest BCUT2D eigenvalue weighted by Gasteiger charge is -2.22. The molecule has 1 amide bonds. The molecule has 2 saturated heterocycles. The van der Waals surface area contributed by atoms with Gasteiger partial charge in [0.05, 0.1) is 12.6 Å². The third-order valence-electron chi connectivity index (χ3n) is 5.95. The number of carbonyl (C=O) groups excluding carboxylic acids is 1. The predicted octanol–water partition coefficient (Wildman–Crippen LogP) is 1.74. The number of amides is 1. The molecule has 1 aromatic rings. The molecule has 31 heavy (non-hydrogen) atoms. The van der Waals surface area contributed by atoms with Crippen molar-refractivity contribution in [3.63, 3.8) is 0 Å². The molecule has 0 saturated carbocycles. The van der Waals surface area contributed by atoms with Crippen LogP contribution < -0.4 is 10.6 Å². The third kappa shape index (κ3) is 8.12. The second-order valence-corrected chi connectivity index (χ2v) is 8.37. The highest BCUT2D eigenvalue weighted by Crippen LogP contribution is 2.13. The van der Waals surface area contributed by atoms with Crippen LogP contribution >= 0.6 is 0 Å². The van der Waals surface area contributed by atoms with Crippen LogP contribution in [-0.2, 0) is 22.5 Å². The quantitative estimate of drug-likeness (QED) is 0.331. The number of carbonyl (C=O) groups is 1. The second kappa shape index (κ2) is 13.3. The maximum atomic E-state index is 12.2. The Labute approximate surface area is 186 Å². The summed E-state index contributed by atoms with van der Waals surface area (Å²) >= 11 is 0. The Hall–Kier alpha value is -2.16. The van der Waals surface area contributed by atoms with Crippen molar-refractivity contribution in [1.82, 2.24) is 30.3 Å². The number of hydrogen-bond acceptors (Lipinski definition) is 5. The van der Waals surface area contributed by atoms with Gasteiger partial charge in [0, 0.05) is 52.2 Å². The summed E-state index contributed by atoms with van der Waals surface area (Å²) in [6, 6.07) is 0. The van der Waals surface area contributed by atoms with Crippen molar-refractivity contribution >= 4 is 11.9 Å². The van der Waals surface area contributed by atoms with Crippen molar-refractivity contribution < 1.29 is 9.53 Å². The summed E-state index contributed by atoms with van der Waals surface area (Å²) in [5, 5.41) is 15.0. The topological polar surface area (TPSA) is 96.7 Å². The van der Waals surface area contributed by atoms with Crippen LogP contribution in [0.1, 0.15) is 64.1 Å². The Kier molecular flexibility index (Phi) is 10.1. The second-order valence-electron chi connectivity index (χ2n) is 8.37. The van der Waals surface area contributed by atoms with Gasteiger partial charge < -0.3 is 24.8 Å². The van der Waals surface area contributed by atoms with Crippen LogP contribution in [0.3, 0.4) is 0 Å². The van der Waals surface area contributed by atoms with E-state index < -0.39 is 0 Å². The van der Waals surface area contributed by atoms with Gasteiger partial charge >= 0.3 is 0 Å². The Bertz CT molecular complexity index is 685. The lowest BCUT2D eigenvalue weighted by molar-refractivity contribution is -0.130. The van der Waals surface area contributed by atoms with Crippen molar-refractivity contribution in [3.8, 4) is 0 Å². The van der Waals surface area contributed by atoms with Gasteiger partial charge in [-0.2, -0.15) is 0 Å². The lowest BCUT2D eigenvalue weighted by atomic mass is 10.1. The number of nitrogens with one attached hydrogen (secondary N) is 2. The first kappa shape index (κ1) is 23.5. The van der Waals surface area contributed by atoms with Gasteiger partial charge in [-0.3, -0.25) is 9.79 Å². The molecule has 3 rings (SSSR count). The molecule has 0 radical (unpaired) electrons. The van der Waals surface area contributed by atoms with Crippen LogP contribution in [0.15, 0.2) is 11.3 Å². The molecule has 3 heterocycles. The summed E-state index contributed by atoms with van der Waals surface area (Å²) in [4.78, 5) is 19.0. The SMILES string of the molecule is CCc1nncn1CCNC(=NCC1CCCCO1)NCCCN1CCCCCC1=O. The average Bonchev–Trinajstić information content (AvgIpc) is 3.16. The summed E-state index contributed by atoms with van der Waals surface area (Å²) < 4.78 is 7.89. The van der Waals surface area contributed by atoms with Gasteiger partial charge in [-0.1, -0.05) is 13.3 Å². The fraction of sp³-hybridized carbons (Fsp3) is 0.818. The fourth-order valence-electron chi connectivity index (χ4n) is 4.10. The van der Waals surface area contributed by atoms with E-state index in [1.54, 1.807) is 6.33 Å². The van der Waals surface area contributed by atoms with Crippen molar-refractivity contribution in [3.05, 3.63) is 12.2 Å². The number of aryl methyl sites for hydroxylation is 1. The molecular weight excluding hydrogens is 394 g/mol. The van der Waals surface area contributed by atoms with Crippen LogP contribution in [0, 0.1) is 0 Å². The number of likely N-dealkylation sites (tertiary alicyclic amines) is 1. The van der Waals surface area contributed by atoms with E-state index in [1.165, 1.54) is 6.42 Å². The summed E-state index contributed by atoms with van der Waals surface area (Å²) in [6.45, 7) is 7.63. The fourth-order valence-corrected chi connectivity index (χ4v) is 4.10. The molecule has 0 bridgehead atoms. The molecule has 1 unspecified atom stereocenters. The standard InChI is InChI=1S/C22H39N7O2/c1-2-20-27-26-18-29(20)15-12-24-22(25-17-19-9-5-7-16-31-19)23-11-8-14-28-13-6-3-4-10-21(28)30/h18-19H,2-17H2,1H3,(H2,23,24,25). The van der Waals surface area contributed by atoms with E-state index in [-0.39, 0.29) is 6.10 Å². The molecule has 1 atom stereocenters. The monoisotopic (exact) mass is 433 g/mol. The summed E-state index contributed by atoms with van der Waals surface area (Å²) in [5.74, 6) is 2.10. The van der Waals surface area contributed by atoms with Gasteiger partial charge in [-0.05, 0) is 38.5 Å². The minimum atomic E-state index is 0.214. The maximum Gasteiger partial charge on any atom is 0.222 e. The smallest absolute Gasteiger partial charge is 0.222 e. The third-order valence-corrected chi connectivity index (χ3v) is 5.95. The van der Waals surface area contributed by atoms with Crippen LogP contribution in [-0.4, -0.2) is 77.0 Å².